The Morgan fingerprint density at radius 3 is 2.14 bits per heavy atom. The number of aromatic nitrogens is 1. The van der Waals surface area contributed by atoms with Gasteiger partial charge in [-0.05, 0) is 60.6 Å². The molecule has 1 heterocycles. The maximum Gasteiger partial charge on any atom is 0.326 e. The molecule has 13 nitrogen and oxygen atoms in total. The van der Waals surface area contributed by atoms with E-state index in [2.05, 4.69) is 20.9 Å². The molecule has 0 aliphatic carbocycles. The molecule has 3 rings (SSSR count). The van der Waals surface area contributed by atoms with Gasteiger partial charge in [0.1, 0.15) is 23.9 Å². The maximum atomic E-state index is 13.7. The molecular formula is C30H37N5O8S. The number of amides is 3. The Morgan fingerprint density at radius 1 is 0.841 bits per heavy atom. The molecule has 0 saturated heterocycles. The number of phenols is 1. The predicted octanol–water partition coefficient (Wildman–Crippen LogP) is 1.14. The lowest BCUT2D eigenvalue weighted by molar-refractivity contribution is -0.143. The van der Waals surface area contributed by atoms with Crippen LogP contribution in [0.25, 0.3) is 10.9 Å². The van der Waals surface area contributed by atoms with Crippen LogP contribution < -0.4 is 21.7 Å². The van der Waals surface area contributed by atoms with Crippen LogP contribution in [0.5, 0.6) is 5.75 Å². The summed E-state index contributed by atoms with van der Waals surface area (Å²) >= 11 is 1.40. The summed E-state index contributed by atoms with van der Waals surface area (Å²) in [6, 6.07) is 8.62. The van der Waals surface area contributed by atoms with Crippen LogP contribution in [-0.2, 0) is 36.8 Å². The van der Waals surface area contributed by atoms with Crippen molar-refractivity contribution in [1.82, 2.24) is 20.9 Å². The quantitative estimate of drug-likeness (QED) is 0.107. The highest BCUT2D eigenvalue weighted by Gasteiger charge is 2.31. The molecule has 0 bridgehead atoms. The number of thioether (sulfide) groups is 1. The number of carboxylic acids is 2. The van der Waals surface area contributed by atoms with Crippen LogP contribution in [0.2, 0.25) is 0 Å². The molecule has 4 unspecified atom stereocenters. The largest absolute Gasteiger partial charge is 0.508 e. The van der Waals surface area contributed by atoms with Crippen LogP contribution in [0, 0.1) is 0 Å². The highest BCUT2D eigenvalue weighted by atomic mass is 32.2. The van der Waals surface area contributed by atoms with Gasteiger partial charge in [0.25, 0.3) is 0 Å². The number of hydrogen-bond acceptors (Lipinski definition) is 8. The van der Waals surface area contributed by atoms with Gasteiger partial charge in [0.2, 0.25) is 17.7 Å². The van der Waals surface area contributed by atoms with Gasteiger partial charge in [-0.3, -0.25) is 19.2 Å². The number of para-hydroxylation sites is 1. The Balaban J connectivity index is 1.83. The Morgan fingerprint density at radius 2 is 1.48 bits per heavy atom. The van der Waals surface area contributed by atoms with E-state index in [1.165, 1.54) is 23.9 Å². The molecule has 44 heavy (non-hydrogen) atoms. The number of nitrogens with two attached hydrogens (primary N) is 1. The van der Waals surface area contributed by atoms with E-state index in [1.807, 2.05) is 24.3 Å². The summed E-state index contributed by atoms with van der Waals surface area (Å²) in [4.78, 5) is 66.1. The highest BCUT2D eigenvalue weighted by Crippen LogP contribution is 2.20. The van der Waals surface area contributed by atoms with Crippen LogP contribution >= 0.6 is 11.8 Å². The molecule has 0 spiro atoms. The van der Waals surface area contributed by atoms with Crippen molar-refractivity contribution in [3.05, 3.63) is 65.9 Å². The maximum absolute atomic E-state index is 13.7. The van der Waals surface area contributed by atoms with Crippen LogP contribution in [-0.4, -0.2) is 86.1 Å². The zero-order valence-electron chi connectivity index (χ0n) is 24.1. The molecule has 4 atom stereocenters. The minimum absolute atomic E-state index is 0.00621. The monoisotopic (exact) mass is 627 g/mol. The van der Waals surface area contributed by atoms with E-state index in [1.54, 1.807) is 24.6 Å². The summed E-state index contributed by atoms with van der Waals surface area (Å²) in [6.07, 6.45) is 2.95. The standard InChI is InChI=1S/C30H37N5O8S/c1-44-13-12-24(30(42)43)34-28(40)23(10-11-26(37)38)33-29(41)25(15-18-16-32-22-5-3-2-4-20(18)22)35-27(39)21(31)14-17-6-8-19(36)9-7-17/h2-9,16,21,23-25,32,36H,10-15,31H2,1H3,(H,33,41)(H,34,40)(H,35,39)(H,37,38)(H,42,43). The van der Waals surface area contributed by atoms with Gasteiger partial charge in [0.15, 0.2) is 0 Å². The molecule has 14 heteroatoms. The topological polar surface area (TPSA) is 224 Å². The number of phenolic OH excluding ortho intramolecular Hbond substituents is 1. The first-order chi connectivity index (χ1) is 21.0. The lowest BCUT2D eigenvalue weighted by Gasteiger charge is -2.25. The summed E-state index contributed by atoms with van der Waals surface area (Å²) in [5, 5.41) is 36.7. The first-order valence-corrected chi connectivity index (χ1v) is 15.3. The molecule has 0 aliphatic rings. The summed E-state index contributed by atoms with van der Waals surface area (Å²) in [5.74, 6) is -4.24. The normalized spacial score (nSPS) is 13.8. The number of H-pyrrole nitrogens is 1. The molecule has 1 aromatic heterocycles. The van der Waals surface area contributed by atoms with Crippen molar-refractivity contribution in [2.45, 2.75) is 56.3 Å². The summed E-state index contributed by atoms with van der Waals surface area (Å²) in [6.45, 7) is 0. The third-order valence-corrected chi connectivity index (χ3v) is 7.61. The first-order valence-electron chi connectivity index (χ1n) is 13.9. The van der Waals surface area contributed by atoms with Crippen LogP contribution in [0.15, 0.2) is 54.7 Å². The van der Waals surface area contributed by atoms with Crippen molar-refractivity contribution in [2.24, 2.45) is 5.73 Å². The lowest BCUT2D eigenvalue weighted by Crippen LogP contribution is -2.57. The van der Waals surface area contributed by atoms with E-state index in [0.29, 0.717) is 16.9 Å². The first kappa shape index (κ1) is 33.9. The van der Waals surface area contributed by atoms with Crippen molar-refractivity contribution in [1.29, 1.82) is 0 Å². The molecular weight excluding hydrogens is 590 g/mol. The molecule has 0 fully saturated rings. The van der Waals surface area contributed by atoms with Gasteiger partial charge in [-0.1, -0.05) is 30.3 Å². The van der Waals surface area contributed by atoms with Gasteiger partial charge < -0.3 is 42.0 Å². The summed E-state index contributed by atoms with van der Waals surface area (Å²) < 4.78 is 0. The van der Waals surface area contributed by atoms with E-state index in [4.69, 9.17) is 5.73 Å². The summed E-state index contributed by atoms with van der Waals surface area (Å²) in [7, 11) is 0. The minimum atomic E-state index is -1.39. The fourth-order valence-corrected chi connectivity index (χ4v) is 5.03. The predicted molar refractivity (Wildman–Crippen MR) is 165 cm³/mol. The smallest absolute Gasteiger partial charge is 0.326 e. The SMILES string of the molecule is CSCCC(NC(=O)C(CCC(=O)O)NC(=O)C(Cc1c[nH]c2ccccc12)NC(=O)C(N)Cc1ccc(O)cc1)C(=O)O. The number of hydrogen-bond donors (Lipinski definition) is 8. The lowest BCUT2D eigenvalue weighted by atomic mass is 10.0. The van der Waals surface area contributed by atoms with E-state index < -0.39 is 60.2 Å². The Labute approximate surface area is 258 Å². The number of fused-ring (bicyclic) bond motifs is 1. The second kappa shape index (κ2) is 16.3. The van der Waals surface area contributed by atoms with Gasteiger partial charge in [0.05, 0.1) is 6.04 Å². The Kier molecular flexibility index (Phi) is 12.6. The number of aliphatic carboxylic acids is 2. The van der Waals surface area contributed by atoms with Gasteiger partial charge in [-0.25, -0.2) is 4.79 Å². The molecule has 2 aromatic carbocycles. The van der Waals surface area contributed by atoms with Gasteiger partial charge in [-0.15, -0.1) is 0 Å². The van der Waals surface area contributed by atoms with Crippen molar-refractivity contribution in [3.63, 3.8) is 0 Å². The molecule has 0 saturated carbocycles. The number of benzene rings is 2. The van der Waals surface area contributed by atoms with Crippen LogP contribution in [0.4, 0.5) is 0 Å². The van der Waals surface area contributed by atoms with Crippen molar-refractivity contribution in [2.75, 3.05) is 12.0 Å². The average Bonchev–Trinajstić information content (AvgIpc) is 3.40. The molecule has 3 aromatic rings. The van der Waals surface area contributed by atoms with Crippen LogP contribution in [0.1, 0.15) is 30.4 Å². The number of carbonyl (C=O) groups is 5. The number of aromatic hydroxyl groups is 1. The van der Waals surface area contributed by atoms with Crippen molar-refractivity contribution < 1.29 is 39.3 Å². The molecule has 0 radical (unpaired) electrons. The van der Waals surface area contributed by atoms with Crippen molar-refractivity contribution in [3.8, 4) is 5.75 Å². The molecule has 0 aliphatic heterocycles. The highest BCUT2D eigenvalue weighted by molar-refractivity contribution is 7.98. The zero-order valence-corrected chi connectivity index (χ0v) is 24.9. The minimum Gasteiger partial charge on any atom is -0.508 e. The molecule has 236 valence electrons. The number of carboxylic acid groups (broad SMARTS) is 2. The van der Waals surface area contributed by atoms with Gasteiger partial charge in [0, 0.05) is 29.9 Å². The molecule has 9 N–H and O–H groups in total. The average molecular weight is 628 g/mol. The number of nitrogens with one attached hydrogen (secondary N) is 4. The fraction of sp³-hybridized carbons (Fsp3) is 0.367. The van der Waals surface area contributed by atoms with E-state index in [0.717, 1.165) is 10.9 Å². The van der Waals surface area contributed by atoms with Crippen molar-refractivity contribution >= 4 is 52.3 Å². The van der Waals surface area contributed by atoms with E-state index in [9.17, 15) is 39.3 Å². The van der Waals surface area contributed by atoms with Gasteiger partial charge in [-0.2, -0.15) is 11.8 Å². The second-order valence-electron chi connectivity index (χ2n) is 10.3. The third kappa shape index (κ3) is 10.0. The van der Waals surface area contributed by atoms with Gasteiger partial charge >= 0.3 is 11.9 Å². The number of carbonyl (C=O) groups excluding carboxylic acids is 3. The Bertz CT molecular complexity index is 1460. The van der Waals surface area contributed by atoms with Crippen LogP contribution in [0.3, 0.4) is 0 Å². The second-order valence-corrected chi connectivity index (χ2v) is 11.3. The van der Waals surface area contributed by atoms with E-state index in [-0.39, 0.29) is 31.4 Å². The Hall–Kier alpha value is -4.56. The zero-order chi connectivity index (χ0) is 32.2. The fourth-order valence-electron chi connectivity index (χ4n) is 4.56. The van der Waals surface area contributed by atoms with E-state index >= 15 is 0 Å². The molecule has 3 amide bonds. The third-order valence-electron chi connectivity index (χ3n) is 6.97. The summed E-state index contributed by atoms with van der Waals surface area (Å²) in [5.41, 5.74) is 8.34. The number of rotatable bonds is 17. The number of aromatic amines is 1.